The van der Waals surface area contributed by atoms with Crippen molar-refractivity contribution in [3.8, 4) is 0 Å². The number of halogens is 1. The van der Waals surface area contributed by atoms with Gasteiger partial charge >= 0.3 is 0 Å². The van der Waals surface area contributed by atoms with Crippen LogP contribution in [-0.4, -0.2) is 17.5 Å². The quantitative estimate of drug-likeness (QED) is 0.432. The summed E-state index contributed by atoms with van der Waals surface area (Å²) >= 11 is 5.34. The first-order valence-electron chi connectivity index (χ1n) is 9.16. The van der Waals surface area contributed by atoms with Gasteiger partial charge in [-0.3, -0.25) is 9.79 Å². The molecular weight excluding hydrogens is 434 g/mol. The molecule has 0 saturated carbocycles. The molecule has 1 aromatic heterocycles. The third kappa shape index (κ3) is 2.79. The second kappa shape index (κ2) is 6.60. The van der Waals surface area contributed by atoms with E-state index in [1.807, 2.05) is 18.4 Å². The van der Waals surface area contributed by atoms with Crippen LogP contribution >= 0.6 is 27.7 Å². The lowest BCUT2D eigenvalue weighted by atomic mass is 9.65. The van der Waals surface area contributed by atoms with Crippen LogP contribution in [-0.2, 0) is 5.41 Å². The standard InChI is InChI=1S/C23H22BrNO2S/c1-22(2)19-14(7-6-8-16(19)24)20(25-23(22,3)4)13-11-15-17(26)9-10-27-21(15)18(12-13)28-5/h6-12H,1-5H3. The number of nitrogens with zero attached hydrogens (tertiary/aromatic N) is 1. The van der Waals surface area contributed by atoms with Gasteiger partial charge in [0, 0.05) is 27.1 Å². The number of aliphatic imine (C=N–C) groups is 1. The van der Waals surface area contributed by atoms with Gasteiger partial charge < -0.3 is 4.42 Å². The van der Waals surface area contributed by atoms with Gasteiger partial charge in [-0.25, -0.2) is 0 Å². The smallest absolute Gasteiger partial charge is 0.192 e. The summed E-state index contributed by atoms with van der Waals surface area (Å²) in [6.45, 7) is 8.80. The Morgan fingerprint density at radius 3 is 2.57 bits per heavy atom. The molecule has 0 unspecified atom stereocenters. The molecule has 1 aliphatic heterocycles. The van der Waals surface area contributed by atoms with Crippen molar-refractivity contribution in [3.63, 3.8) is 0 Å². The van der Waals surface area contributed by atoms with Gasteiger partial charge in [0.25, 0.3) is 0 Å². The van der Waals surface area contributed by atoms with Gasteiger partial charge in [-0.15, -0.1) is 11.8 Å². The van der Waals surface area contributed by atoms with Crippen LogP contribution < -0.4 is 5.43 Å². The third-order valence-corrected chi connectivity index (χ3v) is 7.44. The normalized spacial score (nSPS) is 17.3. The average Bonchev–Trinajstić information content (AvgIpc) is 2.64. The molecule has 0 spiro atoms. The fourth-order valence-corrected chi connectivity index (χ4v) is 5.26. The summed E-state index contributed by atoms with van der Waals surface area (Å²) in [7, 11) is 0. The Hall–Kier alpha value is -1.85. The first kappa shape index (κ1) is 19.5. The fourth-order valence-electron chi connectivity index (χ4n) is 3.81. The van der Waals surface area contributed by atoms with Crippen LogP contribution in [0.15, 0.2) is 66.2 Å². The number of hydrogen-bond donors (Lipinski definition) is 0. The molecule has 0 saturated heterocycles. The van der Waals surface area contributed by atoms with Gasteiger partial charge in [0.1, 0.15) is 0 Å². The summed E-state index contributed by atoms with van der Waals surface area (Å²) in [5.41, 5.74) is 4.35. The maximum atomic E-state index is 12.5. The summed E-state index contributed by atoms with van der Waals surface area (Å²) in [4.78, 5) is 18.6. The number of hydrogen-bond acceptors (Lipinski definition) is 4. The Balaban J connectivity index is 2.08. The summed E-state index contributed by atoms with van der Waals surface area (Å²) in [6.07, 6.45) is 3.45. The van der Waals surface area contributed by atoms with Gasteiger partial charge in [0.05, 0.1) is 27.8 Å². The molecule has 2 aromatic carbocycles. The highest BCUT2D eigenvalue weighted by molar-refractivity contribution is 9.10. The lowest BCUT2D eigenvalue weighted by molar-refractivity contribution is 0.302. The van der Waals surface area contributed by atoms with E-state index in [4.69, 9.17) is 9.41 Å². The van der Waals surface area contributed by atoms with Crippen molar-refractivity contribution in [2.75, 3.05) is 6.26 Å². The largest absolute Gasteiger partial charge is 0.463 e. The zero-order chi connectivity index (χ0) is 20.3. The van der Waals surface area contributed by atoms with Gasteiger partial charge in [0.2, 0.25) is 0 Å². The molecule has 0 fully saturated rings. The lowest BCUT2D eigenvalue weighted by Gasteiger charge is -2.45. The summed E-state index contributed by atoms with van der Waals surface area (Å²) in [5, 5.41) is 0.589. The molecule has 5 heteroatoms. The van der Waals surface area contributed by atoms with E-state index in [-0.39, 0.29) is 16.4 Å². The summed E-state index contributed by atoms with van der Waals surface area (Å²) in [5.74, 6) is 0. The van der Waals surface area contributed by atoms with Gasteiger partial charge in [0.15, 0.2) is 11.0 Å². The van der Waals surface area contributed by atoms with Crippen LogP contribution in [0.25, 0.3) is 11.0 Å². The van der Waals surface area contributed by atoms with Crippen LogP contribution in [0.4, 0.5) is 0 Å². The van der Waals surface area contributed by atoms with E-state index in [0.29, 0.717) is 11.0 Å². The highest BCUT2D eigenvalue weighted by Gasteiger charge is 2.45. The van der Waals surface area contributed by atoms with E-state index in [9.17, 15) is 4.79 Å². The molecular formula is C23H22BrNO2S. The molecule has 3 aromatic rings. The Kier molecular flexibility index (Phi) is 4.59. The van der Waals surface area contributed by atoms with Crippen LogP contribution in [0.3, 0.4) is 0 Å². The fraction of sp³-hybridized carbons (Fsp3) is 0.304. The van der Waals surface area contributed by atoms with E-state index >= 15 is 0 Å². The molecule has 28 heavy (non-hydrogen) atoms. The number of benzene rings is 2. The molecule has 3 nitrogen and oxygen atoms in total. The zero-order valence-corrected chi connectivity index (χ0v) is 19.0. The Morgan fingerprint density at radius 1 is 1.11 bits per heavy atom. The molecule has 144 valence electrons. The molecule has 0 atom stereocenters. The molecule has 4 rings (SSSR count). The highest BCUT2D eigenvalue weighted by Crippen LogP contribution is 2.47. The second-order valence-electron chi connectivity index (χ2n) is 8.15. The number of rotatable bonds is 2. The van der Waals surface area contributed by atoms with Crippen LogP contribution in [0, 0.1) is 0 Å². The van der Waals surface area contributed by atoms with Crippen LogP contribution in [0.1, 0.15) is 44.4 Å². The third-order valence-electron chi connectivity index (χ3n) is 6.03. The van der Waals surface area contributed by atoms with Crippen LogP contribution in [0.2, 0.25) is 0 Å². The molecule has 0 radical (unpaired) electrons. The molecule has 2 heterocycles. The van der Waals surface area contributed by atoms with E-state index in [1.165, 1.54) is 17.9 Å². The number of thioether (sulfide) groups is 1. The lowest BCUT2D eigenvalue weighted by Crippen LogP contribution is -2.46. The van der Waals surface area contributed by atoms with Crippen molar-refractivity contribution in [2.24, 2.45) is 4.99 Å². The van der Waals surface area contributed by atoms with Crippen molar-refractivity contribution >= 4 is 44.4 Å². The Morgan fingerprint density at radius 2 is 1.86 bits per heavy atom. The zero-order valence-electron chi connectivity index (χ0n) is 16.6. The topological polar surface area (TPSA) is 42.6 Å². The Bertz CT molecular complexity index is 1190. The maximum Gasteiger partial charge on any atom is 0.192 e. The van der Waals surface area contributed by atoms with Crippen molar-refractivity contribution < 1.29 is 4.42 Å². The SMILES string of the molecule is CSc1cc(C2=NC(C)(C)C(C)(C)c3c(Br)cccc32)cc2c(=O)ccoc12. The second-order valence-corrected chi connectivity index (χ2v) is 9.85. The van der Waals surface area contributed by atoms with E-state index in [2.05, 4.69) is 61.8 Å². The molecule has 0 bridgehead atoms. The van der Waals surface area contributed by atoms with Crippen molar-refractivity contribution in [2.45, 2.75) is 43.5 Å². The average molecular weight is 456 g/mol. The van der Waals surface area contributed by atoms with Crippen molar-refractivity contribution in [1.29, 1.82) is 0 Å². The summed E-state index contributed by atoms with van der Waals surface area (Å²) < 4.78 is 6.74. The first-order chi connectivity index (χ1) is 13.2. The van der Waals surface area contributed by atoms with Crippen molar-refractivity contribution in [1.82, 2.24) is 0 Å². The monoisotopic (exact) mass is 455 g/mol. The minimum absolute atomic E-state index is 0.0381. The van der Waals surface area contributed by atoms with E-state index < -0.39 is 0 Å². The minimum Gasteiger partial charge on any atom is -0.463 e. The van der Waals surface area contributed by atoms with Gasteiger partial charge in [-0.05, 0) is 43.9 Å². The molecule has 0 N–H and O–H groups in total. The van der Waals surface area contributed by atoms with Crippen LogP contribution in [0.5, 0.6) is 0 Å². The highest BCUT2D eigenvalue weighted by atomic mass is 79.9. The number of fused-ring (bicyclic) bond motifs is 2. The molecule has 1 aliphatic rings. The molecule has 0 amide bonds. The predicted molar refractivity (Wildman–Crippen MR) is 121 cm³/mol. The van der Waals surface area contributed by atoms with Gasteiger partial charge in [-0.2, -0.15) is 0 Å². The summed E-state index contributed by atoms with van der Waals surface area (Å²) in [6, 6.07) is 11.7. The first-order valence-corrected chi connectivity index (χ1v) is 11.2. The van der Waals surface area contributed by atoms with Crippen molar-refractivity contribution in [3.05, 3.63) is 74.0 Å². The van der Waals surface area contributed by atoms with E-state index in [0.717, 1.165) is 26.2 Å². The maximum absolute atomic E-state index is 12.5. The van der Waals surface area contributed by atoms with Gasteiger partial charge in [-0.1, -0.05) is 41.9 Å². The minimum atomic E-state index is -0.310. The van der Waals surface area contributed by atoms with E-state index in [1.54, 1.807) is 11.8 Å². The molecule has 0 aliphatic carbocycles. The predicted octanol–water partition coefficient (Wildman–Crippen LogP) is 6.18. The Labute approximate surface area is 177 Å².